The van der Waals surface area contributed by atoms with Crippen LogP contribution in [-0.4, -0.2) is 18.9 Å². The summed E-state index contributed by atoms with van der Waals surface area (Å²) in [6.07, 6.45) is 1.71. The van der Waals surface area contributed by atoms with Crippen molar-refractivity contribution in [1.29, 1.82) is 0 Å². The van der Waals surface area contributed by atoms with E-state index in [9.17, 15) is 13.2 Å². The first kappa shape index (κ1) is 19.2. The van der Waals surface area contributed by atoms with E-state index in [-0.39, 0.29) is 10.3 Å². The number of benzene rings is 1. The third-order valence-corrected chi connectivity index (χ3v) is 5.62. The predicted octanol–water partition coefficient (Wildman–Crippen LogP) is 2.56. The van der Waals surface area contributed by atoms with Crippen LogP contribution in [0.1, 0.15) is 48.0 Å². The molecule has 0 bridgehead atoms. The first-order valence-corrected chi connectivity index (χ1v) is 9.47. The van der Waals surface area contributed by atoms with E-state index in [2.05, 4.69) is 31.0 Å². The molecule has 0 aliphatic carbocycles. The van der Waals surface area contributed by atoms with Crippen molar-refractivity contribution < 1.29 is 13.2 Å². The van der Waals surface area contributed by atoms with Crippen LogP contribution in [0.15, 0.2) is 35.4 Å². The van der Waals surface area contributed by atoms with Crippen molar-refractivity contribution in [3.63, 3.8) is 0 Å². The van der Waals surface area contributed by atoms with E-state index in [1.807, 2.05) is 12.1 Å². The van der Waals surface area contributed by atoms with E-state index in [1.54, 1.807) is 43.8 Å². The molecule has 0 atom stereocenters. The summed E-state index contributed by atoms with van der Waals surface area (Å²) < 4.78 is 26.9. The van der Waals surface area contributed by atoms with Crippen molar-refractivity contribution in [2.75, 3.05) is 0 Å². The highest BCUT2D eigenvalue weighted by molar-refractivity contribution is 7.89. The lowest BCUT2D eigenvalue weighted by molar-refractivity contribution is 0.0937. The third-order valence-electron chi connectivity index (χ3n) is 4.07. The second-order valence-corrected chi connectivity index (χ2v) is 8.87. The quantitative estimate of drug-likeness (QED) is 0.819. The van der Waals surface area contributed by atoms with Crippen LogP contribution in [-0.2, 0) is 22.5 Å². The number of aryl methyl sites for hydroxylation is 3. The van der Waals surface area contributed by atoms with E-state index < -0.39 is 15.9 Å². The van der Waals surface area contributed by atoms with Crippen LogP contribution < -0.4 is 10.3 Å². The third kappa shape index (κ3) is 4.11. The van der Waals surface area contributed by atoms with Gasteiger partial charge in [0.25, 0.3) is 15.9 Å². The normalized spacial score (nSPS) is 12.2. The number of carbonyl (C=O) groups is 1. The van der Waals surface area contributed by atoms with Gasteiger partial charge in [-0.25, -0.2) is 8.42 Å². The largest absolute Gasteiger partial charge is 0.347 e. The van der Waals surface area contributed by atoms with Gasteiger partial charge in [0.05, 0.1) is 4.90 Å². The number of amides is 1. The molecule has 0 unspecified atom stereocenters. The number of hydrazine groups is 1. The van der Waals surface area contributed by atoms with Crippen LogP contribution in [0.3, 0.4) is 0 Å². The summed E-state index contributed by atoms with van der Waals surface area (Å²) in [4.78, 5) is 14.5. The zero-order valence-corrected chi connectivity index (χ0v) is 16.3. The molecular formula is C18H25N3O3S. The van der Waals surface area contributed by atoms with Crippen LogP contribution >= 0.6 is 0 Å². The number of nitrogens with zero attached hydrogens (tertiary/aromatic N) is 1. The minimum atomic E-state index is -3.87. The standard InChI is InChI=1S/C18H25N3O3S/c1-12-10-14(18(3,4)5)11-13(2)16(12)25(23,24)20-19-17(22)15-8-7-9-21(15)6/h7-11,20H,1-6H3,(H,19,22). The molecular weight excluding hydrogens is 338 g/mol. The molecule has 2 rings (SSSR count). The van der Waals surface area contributed by atoms with E-state index >= 15 is 0 Å². The lowest BCUT2D eigenvalue weighted by Gasteiger charge is -2.22. The maximum atomic E-state index is 12.7. The summed E-state index contributed by atoms with van der Waals surface area (Å²) in [5, 5.41) is 0. The molecule has 0 aliphatic heterocycles. The molecule has 1 amide bonds. The van der Waals surface area contributed by atoms with Crippen LogP contribution in [0, 0.1) is 13.8 Å². The van der Waals surface area contributed by atoms with Crippen molar-refractivity contribution >= 4 is 15.9 Å². The predicted molar refractivity (Wildman–Crippen MR) is 97.8 cm³/mol. The Balaban J connectivity index is 2.28. The van der Waals surface area contributed by atoms with Gasteiger partial charge in [-0.1, -0.05) is 32.9 Å². The highest BCUT2D eigenvalue weighted by Crippen LogP contribution is 2.28. The van der Waals surface area contributed by atoms with Crippen molar-refractivity contribution in [3.05, 3.63) is 52.8 Å². The lowest BCUT2D eigenvalue weighted by atomic mass is 9.85. The molecule has 136 valence electrons. The lowest BCUT2D eigenvalue weighted by Crippen LogP contribution is -2.42. The Morgan fingerprint density at radius 2 is 1.68 bits per heavy atom. The Morgan fingerprint density at radius 3 is 2.12 bits per heavy atom. The topological polar surface area (TPSA) is 80.2 Å². The molecule has 0 fully saturated rings. The second kappa shape index (κ2) is 6.65. The van der Waals surface area contributed by atoms with Gasteiger partial charge < -0.3 is 4.57 Å². The molecule has 6 nitrogen and oxygen atoms in total. The summed E-state index contributed by atoms with van der Waals surface area (Å²) in [7, 11) is -2.16. The average Bonchev–Trinajstić information content (AvgIpc) is 2.89. The fraction of sp³-hybridized carbons (Fsp3) is 0.389. The summed E-state index contributed by atoms with van der Waals surface area (Å²) in [6.45, 7) is 9.75. The van der Waals surface area contributed by atoms with Crippen LogP contribution in [0.5, 0.6) is 0 Å². The molecule has 0 radical (unpaired) electrons. The van der Waals surface area contributed by atoms with E-state index in [0.29, 0.717) is 16.8 Å². The average molecular weight is 363 g/mol. The molecule has 0 spiro atoms. The van der Waals surface area contributed by atoms with Gasteiger partial charge in [-0.3, -0.25) is 10.2 Å². The van der Waals surface area contributed by atoms with Gasteiger partial charge in [-0.15, -0.1) is 4.83 Å². The van der Waals surface area contributed by atoms with Gasteiger partial charge in [0.1, 0.15) is 5.69 Å². The van der Waals surface area contributed by atoms with Crippen molar-refractivity contribution in [3.8, 4) is 0 Å². The zero-order chi connectivity index (χ0) is 19.0. The molecule has 1 aromatic carbocycles. The highest BCUT2D eigenvalue weighted by atomic mass is 32.2. The Kier molecular flexibility index (Phi) is 5.11. The molecule has 0 saturated heterocycles. The Morgan fingerprint density at radius 1 is 1.12 bits per heavy atom. The van der Waals surface area contributed by atoms with Crippen LogP contribution in [0.4, 0.5) is 0 Å². The zero-order valence-electron chi connectivity index (χ0n) is 15.5. The molecule has 2 N–H and O–H groups in total. The Bertz CT molecular complexity index is 883. The van der Waals surface area contributed by atoms with Crippen molar-refractivity contribution in [2.45, 2.75) is 44.9 Å². The van der Waals surface area contributed by atoms with Gasteiger partial charge in [-0.2, -0.15) is 0 Å². The minimum Gasteiger partial charge on any atom is -0.347 e. The van der Waals surface area contributed by atoms with Gasteiger partial charge in [-0.05, 0) is 48.1 Å². The van der Waals surface area contributed by atoms with Crippen LogP contribution in [0.25, 0.3) is 0 Å². The number of aromatic nitrogens is 1. The first-order chi connectivity index (χ1) is 11.4. The fourth-order valence-electron chi connectivity index (χ4n) is 2.73. The van der Waals surface area contributed by atoms with E-state index in [4.69, 9.17) is 0 Å². The number of hydrogen-bond acceptors (Lipinski definition) is 3. The van der Waals surface area contributed by atoms with Gasteiger partial charge in [0.15, 0.2) is 0 Å². The first-order valence-electron chi connectivity index (χ1n) is 7.98. The maximum absolute atomic E-state index is 12.7. The smallest absolute Gasteiger partial charge is 0.282 e. The Hall–Kier alpha value is -2.12. The SMILES string of the molecule is Cc1cc(C(C)(C)C)cc(C)c1S(=O)(=O)NNC(=O)c1cccn1C. The van der Waals surface area contributed by atoms with Crippen LogP contribution in [0.2, 0.25) is 0 Å². The molecule has 25 heavy (non-hydrogen) atoms. The summed E-state index contributed by atoms with van der Waals surface area (Å²) in [5.41, 5.74) is 4.90. The summed E-state index contributed by atoms with van der Waals surface area (Å²) >= 11 is 0. The highest BCUT2D eigenvalue weighted by Gasteiger charge is 2.24. The molecule has 1 aromatic heterocycles. The summed E-state index contributed by atoms with van der Waals surface area (Å²) in [5.74, 6) is -0.516. The fourth-order valence-corrected chi connectivity index (χ4v) is 4.03. The van der Waals surface area contributed by atoms with E-state index in [1.165, 1.54) is 0 Å². The minimum absolute atomic E-state index is 0.0774. The molecule has 1 heterocycles. The molecule has 2 aromatic rings. The van der Waals surface area contributed by atoms with Gasteiger partial charge in [0, 0.05) is 13.2 Å². The second-order valence-electron chi connectivity index (χ2n) is 7.25. The van der Waals surface area contributed by atoms with E-state index in [0.717, 1.165) is 5.56 Å². The van der Waals surface area contributed by atoms with Gasteiger partial charge in [0.2, 0.25) is 0 Å². The maximum Gasteiger partial charge on any atom is 0.282 e. The number of nitrogens with one attached hydrogen (secondary N) is 2. The summed E-state index contributed by atoms with van der Waals surface area (Å²) in [6, 6.07) is 7.07. The van der Waals surface area contributed by atoms with Gasteiger partial charge >= 0.3 is 0 Å². The molecule has 7 heteroatoms. The number of hydrogen-bond donors (Lipinski definition) is 2. The molecule has 0 saturated carbocycles. The number of sulfonamides is 1. The Labute approximate surface area is 149 Å². The monoisotopic (exact) mass is 363 g/mol. The van der Waals surface area contributed by atoms with Crippen molar-refractivity contribution in [1.82, 2.24) is 14.8 Å². The molecule has 0 aliphatic rings. The number of carbonyl (C=O) groups excluding carboxylic acids is 1. The number of rotatable bonds is 4. The van der Waals surface area contributed by atoms with Crippen molar-refractivity contribution in [2.24, 2.45) is 7.05 Å².